The maximum Gasteiger partial charge on any atom is 0.433 e. The predicted molar refractivity (Wildman–Crippen MR) is 58.9 cm³/mol. The van der Waals surface area contributed by atoms with E-state index in [0.29, 0.717) is 11.8 Å². The topological polar surface area (TPSA) is 52.1 Å². The Morgan fingerprint density at radius 2 is 1.84 bits per heavy atom. The number of alkyl halides is 3. The lowest BCUT2D eigenvalue weighted by Gasteiger charge is -2.07. The molecule has 0 saturated heterocycles. The van der Waals surface area contributed by atoms with Crippen LogP contribution in [0.3, 0.4) is 0 Å². The third-order valence-corrected chi connectivity index (χ3v) is 2.14. The zero-order valence-electron chi connectivity index (χ0n) is 9.39. The number of nitrogens with zero attached hydrogens (tertiary/aromatic N) is 2. The highest BCUT2D eigenvalue weighted by Crippen LogP contribution is 2.28. The molecule has 0 aliphatic heterocycles. The van der Waals surface area contributed by atoms with Crippen LogP contribution in [0.25, 0.3) is 0 Å². The van der Waals surface area contributed by atoms with Crippen molar-refractivity contribution in [3.05, 3.63) is 47.9 Å². The third kappa shape index (κ3) is 3.27. The molecule has 0 bridgehead atoms. The Morgan fingerprint density at radius 3 is 2.32 bits per heavy atom. The summed E-state index contributed by atoms with van der Waals surface area (Å²) in [6, 6.07) is 4.87. The van der Waals surface area contributed by atoms with Gasteiger partial charge in [0, 0.05) is 17.8 Å². The highest BCUT2D eigenvalue weighted by Gasteiger charge is 2.32. The number of hydrogen-bond acceptors (Lipinski definition) is 4. The van der Waals surface area contributed by atoms with Gasteiger partial charge >= 0.3 is 6.18 Å². The second-order valence-corrected chi connectivity index (χ2v) is 3.53. The summed E-state index contributed by atoms with van der Waals surface area (Å²) in [5.74, 6) is 0.284. The molecule has 2 heterocycles. The SMILES string of the molecule is O=Cc1ccc(Oc2ccc(C(F)(F)F)nc2)nc1. The molecule has 7 heteroatoms. The lowest BCUT2D eigenvalue weighted by atomic mass is 10.3. The summed E-state index contributed by atoms with van der Waals surface area (Å²) in [7, 11) is 0. The van der Waals surface area contributed by atoms with Crippen LogP contribution in [0.15, 0.2) is 36.7 Å². The third-order valence-electron chi connectivity index (χ3n) is 2.14. The first-order valence-corrected chi connectivity index (χ1v) is 5.11. The minimum absolute atomic E-state index is 0.124. The predicted octanol–water partition coefficient (Wildman–Crippen LogP) is 3.10. The molecule has 0 N–H and O–H groups in total. The van der Waals surface area contributed by atoms with E-state index in [1.165, 1.54) is 18.3 Å². The normalized spacial score (nSPS) is 11.1. The minimum Gasteiger partial charge on any atom is -0.437 e. The van der Waals surface area contributed by atoms with E-state index in [9.17, 15) is 18.0 Å². The average molecular weight is 268 g/mol. The summed E-state index contributed by atoms with van der Waals surface area (Å²) in [4.78, 5) is 17.5. The molecule has 0 fully saturated rings. The van der Waals surface area contributed by atoms with Crippen LogP contribution in [-0.4, -0.2) is 16.3 Å². The number of ether oxygens (including phenoxy) is 1. The molecule has 0 radical (unpaired) electrons. The molecule has 2 rings (SSSR count). The Morgan fingerprint density at radius 1 is 1.05 bits per heavy atom. The van der Waals surface area contributed by atoms with E-state index in [2.05, 4.69) is 9.97 Å². The molecule has 2 aromatic heterocycles. The summed E-state index contributed by atoms with van der Waals surface area (Å²) in [5.41, 5.74) is -0.623. The molecule has 0 saturated carbocycles. The fourth-order valence-electron chi connectivity index (χ4n) is 1.25. The van der Waals surface area contributed by atoms with Gasteiger partial charge in [-0.25, -0.2) is 9.97 Å². The van der Waals surface area contributed by atoms with Gasteiger partial charge < -0.3 is 4.74 Å². The van der Waals surface area contributed by atoms with Gasteiger partial charge in [-0.2, -0.15) is 13.2 Å². The summed E-state index contributed by atoms with van der Waals surface area (Å²) in [6.07, 6.45) is -1.61. The van der Waals surface area contributed by atoms with Crippen molar-refractivity contribution in [3.8, 4) is 11.6 Å². The smallest absolute Gasteiger partial charge is 0.433 e. The standard InChI is InChI=1S/C12H7F3N2O2/c13-12(14,15)10-3-2-9(6-16-10)19-11-4-1-8(7-18)5-17-11/h1-7H. The summed E-state index contributed by atoms with van der Waals surface area (Å²) in [6.45, 7) is 0. The van der Waals surface area contributed by atoms with Crippen LogP contribution in [-0.2, 0) is 6.18 Å². The highest BCUT2D eigenvalue weighted by molar-refractivity contribution is 5.74. The maximum atomic E-state index is 12.3. The summed E-state index contributed by atoms with van der Waals surface area (Å²) < 4.78 is 42.0. The van der Waals surface area contributed by atoms with Crippen molar-refractivity contribution in [2.75, 3.05) is 0 Å². The van der Waals surface area contributed by atoms with E-state index in [1.54, 1.807) is 0 Å². The number of carbonyl (C=O) groups excluding carboxylic acids is 1. The molecule has 4 nitrogen and oxygen atoms in total. The number of halogens is 3. The Labute approximate surface area is 105 Å². The van der Waals surface area contributed by atoms with Crippen LogP contribution in [0, 0.1) is 0 Å². The number of aldehydes is 1. The summed E-state index contributed by atoms with van der Waals surface area (Å²) >= 11 is 0. The number of aromatic nitrogens is 2. The van der Waals surface area contributed by atoms with Crippen LogP contribution in [0.4, 0.5) is 13.2 Å². The minimum atomic E-state index is -4.48. The number of rotatable bonds is 3. The van der Waals surface area contributed by atoms with Crippen molar-refractivity contribution in [2.24, 2.45) is 0 Å². The van der Waals surface area contributed by atoms with Crippen molar-refractivity contribution in [2.45, 2.75) is 6.18 Å². The number of carbonyl (C=O) groups is 1. The molecular weight excluding hydrogens is 261 g/mol. The first-order valence-electron chi connectivity index (χ1n) is 5.11. The first kappa shape index (κ1) is 13.0. The van der Waals surface area contributed by atoms with Crippen LogP contribution >= 0.6 is 0 Å². The van der Waals surface area contributed by atoms with E-state index in [1.807, 2.05) is 0 Å². The van der Waals surface area contributed by atoms with Gasteiger partial charge in [-0.05, 0) is 18.2 Å². The lowest BCUT2D eigenvalue weighted by molar-refractivity contribution is -0.141. The van der Waals surface area contributed by atoms with Gasteiger partial charge in [0.2, 0.25) is 5.88 Å². The Kier molecular flexibility index (Phi) is 3.46. The fraction of sp³-hybridized carbons (Fsp3) is 0.0833. The number of pyridine rings is 2. The second-order valence-electron chi connectivity index (χ2n) is 3.53. The molecule has 0 aliphatic rings. The molecule has 98 valence electrons. The van der Waals surface area contributed by atoms with Crippen molar-refractivity contribution in [1.29, 1.82) is 0 Å². The Bertz CT molecular complexity index is 565. The summed E-state index contributed by atoms with van der Waals surface area (Å²) in [5, 5.41) is 0. The van der Waals surface area contributed by atoms with Gasteiger partial charge in [0.1, 0.15) is 11.4 Å². The molecule has 0 atom stereocenters. The van der Waals surface area contributed by atoms with Gasteiger partial charge in [0.05, 0.1) is 6.20 Å². The molecule has 0 aliphatic carbocycles. The molecule has 0 unspecified atom stereocenters. The highest BCUT2D eigenvalue weighted by atomic mass is 19.4. The van der Waals surface area contributed by atoms with E-state index < -0.39 is 11.9 Å². The van der Waals surface area contributed by atoms with Gasteiger partial charge in [-0.1, -0.05) is 0 Å². The zero-order valence-corrected chi connectivity index (χ0v) is 9.39. The van der Waals surface area contributed by atoms with E-state index in [0.717, 1.165) is 18.3 Å². The van der Waals surface area contributed by atoms with Crippen molar-refractivity contribution in [3.63, 3.8) is 0 Å². The van der Waals surface area contributed by atoms with Gasteiger partial charge in [-0.3, -0.25) is 4.79 Å². The molecule has 2 aromatic rings. The molecular formula is C12H7F3N2O2. The van der Waals surface area contributed by atoms with Crippen molar-refractivity contribution in [1.82, 2.24) is 9.97 Å². The molecule has 0 aromatic carbocycles. The van der Waals surface area contributed by atoms with Crippen LogP contribution in [0.1, 0.15) is 16.1 Å². The van der Waals surface area contributed by atoms with Crippen molar-refractivity contribution >= 4 is 6.29 Å². The van der Waals surface area contributed by atoms with Gasteiger partial charge in [-0.15, -0.1) is 0 Å². The monoisotopic (exact) mass is 268 g/mol. The maximum absolute atomic E-state index is 12.3. The fourth-order valence-corrected chi connectivity index (χ4v) is 1.25. The van der Waals surface area contributed by atoms with Gasteiger partial charge in [0.25, 0.3) is 0 Å². The average Bonchev–Trinajstić information content (AvgIpc) is 2.39. The molecule has 0 spiro atoms. The zero-order chi connectivity index (χ0) is 13.9. The van der Waals surface area contributed by atoms with E-state index >= 15 is 0 Å². The van der Waals surface area contributed by atoms with Crippen molar-refractivity contribution < 1.29 is 22.7 Å². The van der Waals surface area contributed by atoms with Gasteiger partial charge in [0.15, 0.2) is 6.29 Å². The Balaban J connectivity index is 2.12. The Hall–Kier alpha value is -2.44. The lowest BCUT2D eigenvalue weighted by Crippen LogP contribution is -2.07. The van der Waals surface area contributed by atoms with Crippen LogP contribution in [0.2, 0.25) is 0 Å². The molecule has 0 amide bonds. The number of hydrogen-bond donors (Lipinski definition) is 0. The quantitative estimate of drug-likeness (QED) is 0.802. The van der Waals surface area contributed by atoms with E-state index in [-0.39, 0.29) is 11.6 Å². The van der Waals surface area contributed by atoms with Crippen LogP contribution < -0.4 is 4.74 Å². The first-order chi connectivity index (χ1) is 8.99. The second kappa shape index (κ2) is 5.05. The van der Waals surface area contributed by atoms with E-state index in [4.69, 9.17) is 4.74 Å². The molecule has 19 heavy (non-hydrogen) atoms. The van der Waals surface area contributed by atoms with Crippen LogP contribution in [0.5, 0.6) is 11.6 Å². The largest absolute Gasteiger partial charge is 0.437 e.